The molecule has 0 unspecified atom stereocenters. The summed E-state index contributed by atoms with van der Waals surface area (Å²) in [7, 11) is -0.544. The second kappa shape index (κ2) is 4.31. The van der Waals surface area contributed by atoms with E-state index in [2.05, 4.69) is 4.98 Å². The van der Waals surface area contributed by atoms with E-state index < -0.39 is 10.2 Å². The van der Waals surface area contributed by atoms with E-state index in [-0.39, 0.29) is 0 Å². The zero-order chi connectivity index (χ0) is 12.5. The van der Waals surface area contributed by atoms with Crippen molar-refractivity contribution in [2.45, 2.75) is 0 Å². The molecule has 0 fully saturated rings. The molecule has 0 amide bonds. The Morgan fingerprint density at radius 1 is 1.18 bits per heavy atom. The molecule has 2 rings (SSSR count). The molecule has 0 aliphatic carbocycles. The Balaban J connectivity index is 2.58. The van der Waals surface area contributed by atoms with Crippen LogP contribution in [0.25, 0.3) is 11.4 Å². The van der Waals surface area contributed by atoms with E-state index in [9.17, 15) is 8.42 Å². The van der Waals surface area contributed by atoms with Gasteiger partial charge in [-0.2, -0.15) is 12.7 Å². The lowest BCUT2D eigenvalue weighted by Crippen LogP contribution is -2.28. The molecule has 0 atom stereocenters. The Hall–Kier alpha value is -1.66. The number of hydrogen-bond donors (Lipinski definition) is 0. The molecule has 5 nitrogen and oxygen atoms in total. The summed E-state index contributed by atoms with van der Waals surface area (Å²) in [6.45, 7) is 0. The third-order valence-corrected chi connectivity index (χ3v) is 4.06. The number of rotatable bonds is 3. The van der Waals surface area contributed by atoms with E-state index >= 15 is 0 Å². The minimum atomic E-state index is -3.52. The molecule has 0 aliphatic rings. The van der Waals surface area contributed by atoms with Crippen LogP contribution in [0, 0.1) is 0 Å². The lowest BCUT2D eigenvalue weighted by molar-refractivity contribution is 0.511. The van der Waals surface area contributed by atoms with Crippen LogP contribution in [0.4, 0.5) is 0 Å². The largest absolute Gasteiger partial charge is 0.308 e. The highest BCUT2D eigenvalue weighted by Crippen LogP contribution is 2.19. The number of nitrogens with zero attached hydrogens (tertiary/aromatic N) is 3. The SMILES string of the molecule is CN(C)S(=O)(=O)n1ccnc1-c1ccccc1. The van der Waals surface area contributed by atoms with Gasteiger partial charge < -0.3 is 0 Å². The standard InChI is InChI=1S/C11H13N3O2S/c1-13(2)17(15,16)14-9-8-12-11(14)10-6-4-3-5-7-10/h3-9H,1-2H3. The third-order valence-electron chi connectivity index (χ3n) is 2.35. The van der Waals surface area contributed by atoms with Crippen LogP contribution in [0.5, 0.6) is 0 Å². The molecule has 0 saturated carbocycles. The first-order valence-electron chi connectivity index (χ1n) is 5.05. The minimum Gasteiger partial charge on any atom is -0.236 e. The average Bonchev–Trinajstić information content (AvgIpc) is 2.79. The normalized spacial score (nSPS) is 11.9. The van der Waals surface area contributed by atoms with Crippen molar-refractivity contribution in [1.82, 2.24) is 13.3 Å². The van der Waals surface area contributed by atoms with Crippen molar-refractivity contribution in [3.05, 3.63) is 42.7 Å². The van der Waals surface area contributed by atoms with Crippen molar-refractivity contribution in [3.63, 3.8) is 0 Å². The van der Waals surface area contributed by atoms with Crippen molar-refractivity contribution in [2.75, 3.05) is 14.1 Å². The van der Waals surface area contributed by atoms with Gasteiger partial charge in [0, 0.05) is 32.1 Å². The molecule has 1 aromatic carbocycles. The molecule has 0 bridgehead atoms. The van der Waals surface area contributed by atoms with Gasteiger partial charge in [-0.25, -0.2) is 8.96 Å². The fourth-order valence-corrected chi connectivity index (χ4v) is 2.37. The highest BCUT2D eigenvalue weighted by atomic mass is 32.2. The van der Waals surface area contributed by atoms with E-state index in [0.717, 1.165) is 9.87 Å². The third kappa shape index (κ3) is 2.09. The predicted octanol–water partition coefficient (Wildman–Crippen LogP) is 1.20. The summed E-state index contributed by atoms with van der Waals surface area (Å²) in [6, 6.07) is 9.21. The van der Waals surface area contributed by atoms with E-state index in [4.69, 9.17) is 0 Å². The lowest BCUT2D eigenvalue weighted by Gasteiger charge is -2.14. The first-order chi connectivity index (χ1) is 8.03. The van der Waals surface area contributed by atoms with Crippen molar-refractivity contribution < 1.29 is 8.42 Å². The first kappa shape index (κ1) is 11.8. The van der Waals surface area contributed by atoms with Gasteiger partial charge in [0.1, 0.15) is 0 Å². The van der Waals surface area contributed by atoms with E-state index in [1.165, 1.54) is 30.5 Å². The molecule has 0 radical (unpaired) electrons. The van der Waals surface area contributed by atoms with Gasteiger partial charge in [0.15, 0.2) is 5.82 Å². The van der Waals surface area contributed by atoms with Crippen molar-refractivity contribution in [1.29, 1.82) is 0 Å². The maximum Gasteiger partial charge on any atom is 0.308 e. The summed E-state index contributed by atoms with van der Waals surface area (Å²) in [6.07, 6.45) is 2.92. The summed E-state index contributed by atoms with van der Waals surface area (Å²) in [4.78, 5) is 4.09. The van der Waals surface area contributed by atoms with Crippen LogP contribution < -0.4 is 0 Å². The van der Waals surface area contributed by atoms with Gasteiger partial charge in [0.25, 0.3) is 0 Å². The summed E-state index contributed by atoms with van der Waals surface area (Å²) in [5.41, 5.74) is 0.767. The monoisotopic (exact) mass is 251 g/mol. The second-order valence-electron chi connectivity index (χ2n) is 3.70. The van der Waals surface area contributed by atoms with E-state index in [1.807, 2.05) is 30.3 Å². The molecule has 0 N–H and O–H groups in total. The maximum absolute atomic E-state index is 12.0. The maximum atomic E-state index is 12.0. The molecule has 1 heterocycles. The van der Waals surface area contributed by atoms with Gasteiger partial charge in [-0.1, -0.05) is 30.3 Å². The van der Waals surface area contributed by atoms with Gasteiger partial charge >= 0.3 is 10.2 Å². The Labute approximate surface area is 101 Å². The van der Waals surface area contributed by atoms with Gasteiger partial charge in [0.05, 0.1) is 0 Å². The lowest BCUT2D eigenvalue weighted by atomic mass is 10.2. The molecule has 6 heteroatoms. The zero-order valence-corrected chi connectivity index (χ0v) is 10.4. The van der Waals surface area contributed by atoms with Crippen LogP contribution in [-0.2, 0) is 10.2 Å². The molecule has 2 aromatic rings. The highest BCUT2D eigenvalue weighted by Gasteiger charge is 2.20. The van der Waals surface area contributed by atoms with Crippen LogP contribution in [0.3, 0.4) is 0 Å². The molecule has 17 heavy (non-hydrogen) atoms. The quantitative estimate of drug-likeness (QED) is 0.823. The van der Waals surface area contributed by atoms with Crippen LogP contribution >= 0.6 is 0 Å². The number of aromatic nitrogens is 2. The summed E-state index contributed by atoms with van der Waals surface area (Å²) in [5, 5.41) is 0. The summed E-state index contributed by atoms with van der Waals surface area (Å²) < 4.78 is 26.4. The van der Waals surface area contributed by atoms with Crippen molar-refractivity contribution in [3.8, 4) is 11.4 Å². The Bertz CT molecular complexity index is 603. The molecule has 90 valence electrons. The van der Waals surface area contributed by atoms with Crippen molar-refractivity contribution in [2.24, 2.45) is 0 Å². The first-order valence-corrected chi connectivity index (χ1v) is 6.45. The Kier molecular flexibility index (Phi) is 2.99. The molecule has 1 aromatic heterocycles. The summed E-state index contributed by atoms with van der Waals surface area (Å²) >= 11 is 0. The van der Waals surface area contributed by atoms with E-state index in [0.29, 0.717) is 5.82 Å². The second-order valence-corrected chi connectivity index (χ2v) is 5.72. The van der Waals surface area contributed by atoms with Crippen LogP contribution in [0.2, 0.25) is 0 Å². The van der Waals surface area contributed by atoms with Crippen LogP contribution in [0.15, 0.2) is 42.7 Å². The molecule has 0 saturated heterocycles. The van der Waals surface area contributed by atoms with Crippen LogP contribution in [-0.4, -0.2) is 35.8 Å². The molecular weight excluding hydrogens is 238 g/mol. The fraction of sp³-hybridized carbons (Fsp3) is 0.182. The predicted molar refractivity (Wildman–Crippen MR) is 65.7 cm³/mol. The van der Waals surface area contributed by atoms with Gasteiger partial charge in [-0.15, -0.1) is 0 Å². The minimum absolute atomic E-state index is 0.416. The van der Waals surface area contributed by atoms with Gasteiger partial charge in [-0.05, 0) is 0 Å². The number of hydrogen-bond acceptors (Lipinski definition) is 3. The number of benzene rings is 1. The fourth-order valence-electron chi connectivity index (χ4n) is 1.44. The van der Waals surface area contributed by atoms with E-state index in [1.54, 1.807) is 0 Å². The highest BCUT2D eigenvalue weighted by molar-refractivity contribution is 7.87. The summed E-state index contributed by atoms with van der Waals surface area (Å²) in [5.74, 6) is 0.416. The molecule has 0 spiro atoms. The topological polar surface area (TPSA) is 55.2 Å². The molecular formula is C11H13N3O2S. The Morgan fingerprint density at radius 2 is 1.82 bits per heavy atom. The van der Waals surface area contributed by atoms with Crippen molar-refractivity contribution >= 4 is 10.2 Å². The molecule has 0 aliphatic heterocycles. The Morgan fingerprint density at radius 3 is 2.41 bits per heavy atom. The average molecular weight is 251 g/mol. The zero-order valence-electron chi connectivity index (χ0n) is 9.61. The number of imidazole rings is 1. The van der Waals surface area contributed by atoms with Gasteiger partial charge in [0.2, 0.25) is 0 Å². The van der Waals surface area contributed by atoms with Crippen LogP contribution in [0.1, 0.15) is 0 Å². The van der Waals surface area contributed by atoms with Gasteiger partial charge in [-0.3, -0.25) is 0 Å². The smallest absolute Gasteiger partial charge is 0.236 e.